The van der Waals surface area contributed by atoms with Crippen LogP contribution in [0.4, 0.5) is 0 Å². The summed E-state index contributed by atoms with van der Waals surface area (Å²) in [6, 6.07) is 16.4. The molecule has 0 saturated carbocycles. The van der Waals surface area contributed by atoms with Gasteiger partial charge in [0.1, 0.15) is 5.76 Å². The smallest absolute Gasteiger partial charge is 0.379 e. The number of nitriles is 2. The van der Waals surface area contributed by atoms with Crippen LogP contribution in [0, 0.1) is 22.7 Å². The van der Waals surface area contributed by atoms with Gasteiger partial charge in [-0.2, -0.15) is 10.5 Å². The summed E-state index contributed by atoms with van der Waals surface area (Å²) in [5.41, 5.74) is 1.99. The molecule has 0 aromatic heterocycles. The largest absolute Gasteiger partial charge is 0.507 e. The Bertz CT molecular complexity index is 991. The molecule has 0 fully saturated rings. The predicted molar refractivity (Wildman–Crippen MR) is 105 cm³/mol. The van der Waals surface area contributed by atoms with Gasteiger partial charge in [-0.1, -0.05) is 12.1 Å². The van der Waals surface area contributed by atoms with E-state index in [4.69, 9.17) is 10.5 Å². The standard InChI is InChI=1S/C13H11NO4.C9H7NO/c1-2-18-13(17)12(16)7-11(15)10-5-3-9(8-14)4-6-10;1-7(11)9-4-2-8(6-10)3-5-9/h3-7,15H,2H2,1H3;2-5H,1H3. The van der Waals surface area contributed by atoms with Crippen LogP contribution in [0.5, 0.6) is 0 Å². The molecule has 2 aromatic rings. The average molecular weight is 390 g/mol. The summed E-state index contributed by atoms with van der Waals surface area (Å²) in [6.45, 7) is 3.17. The van der Waals surface area contributed by atoms with Gasteiger partial charge < -0.3 is 9.84 Å². The number of Topliss-reactive ketones (excluding diaryl/α,β-unsaturated/α-hetero) is 1. The Labute approximate surface area is 168 Å². The summed E-state index contributed by atoms with van der Waals surface area (Å²) in [6.07, 6.45) is 0.791. The highest BCUT2D eigenvalue weighted by molar-refractivity contribution is 6.39. The van der Waals surface area contributed by atoms with E-state index in [1.54, 1.807) is 31.2 Å². The molecular weight excluding hydrogens is 372 g/mol. The summed E-state index contributed by atoms with van der Waals surface area (Å²) < 4.78 is 4.49. The number of carbonyl (C=O) groups excluding carboxylic acids is 3. The van der Waals surface area contributed by atoms with E-state index in [9.17, 15) is 19.5 Å². The minimum Gasteiger partial charge on any atom is -0.507 e. The normalized spacial score (nSPS) is 9.86. The lowest BCUT2D eigenvalue weighted by molar-refractivity contribution is -0.151. The molecule has 29 heavy (non-hydrogen) atoms. The monoisotopic (exact) mass is 390 g/mol. The quantitative estimate of drug-likeness (QED) is 0.272. The zero-order valence-electron chi connectivity index (χ0n) is 15.9. The minimum absolute atomic E-state index is 0.0227. The molecule has 7 heteroatoms. The van der Waals surface area contributed by atoms with E-state index >= 15 is 0 Å². The van der Waals surface area contributed by atoms with Gasteiger partial charge in [-0.25, -0.2) is 4.79 Å². The van der Waals surface area contributed by atoms with Gasteiger partial charge in [0.15, 0.2) is 5.78 Å². The van der Waals surface area contributed by atoms with Crippen LogP contribution in [-0.2, 0) is 14.3 Å². The Hall–Kier alpha value is -4.23. The van der Waals surface area contributed by atoms with Crippen LogP contribution in [0.3, 0.4) is 0 Å². The van der Waals surface area contributed by atoms with Crippen molar-refractivity contribution in [1.82, 2.24) is 0 Å². The SMILES string of the molecule is CC(=O)c1ccc(C#N)cc1.CCOC(=O)C(=O)C=C(O)c1ccc(C#N)cc1. The van der Waals surface area contributed by atoms with Gasteiger partial charge in [0.2, 0.25) is 0 Å². The van der Waals surface area contributed by atoms with Crippen molar-refractivity contribution in [3.05, 3.63) is 76.9 Å². The molecule has 146 valence electrons. The molecular formula is C22H18N2O5. The Morgan fingerprint density at radius 1 is 0.931 bits per heavy atom. The van der Waals surface area contributed by atoms with E-state index in [-0.39, 0.29) is 18.1 Å². The van der Waals surface area contributed by atoms with Crippen LogP contribution in [0.15, 0.2) is 54.6 Å². The Kier molecular flexibility index (Phi) is 9.03. The number of rotatable bonds is 5. The first-order chi connectivity index (χ1) is 13.8. The maximum absolute atomic E-state index is 11.3. The molecule has 2 rings (SSSR count). The first-order valence-corrected chi connectivity index (χ1v) is 8.45. The van der Waals surface area contributed by atoms with Gasteiger partial charge in [0.05, 0.1) is 29.9 Å². The zero-order chi connectivity index (χ0) is 21.8. The fraction of sp³-hybridized carbons (Fsp3) is 0.136. The third-order valence-electron chi connectivity index (χ3n) is 3.47. The topological polar surface area (TPSA) is 128 Å². The molecule has 1 N–H and O–H groups in total. The highest BCUT2D eigenvalue weighted by Crippen LogP contribution is 2.12. The Balaban J connectivity index is 0.000000326. The molecule has 0 aliphatic heterocycles. The van der Waals surface area contributed by atoms with Crippen LogP contribution in [0.2, 0.25) is 0 Å². The third kappa shape index (κ3) is 7.49. The highest BCUT2D eigenvalue weighted by atomic mass is 16.5. The number of ketones is 2. The molecule has 0 aliphatic carbocycles. The Morgan fingerprint density at radius 2 is 1.38 bits per heavy atom. The van der Waals surface area contributed by atoms with Gasteiger partial charge in [-0.3, -0.25) is 9.59 Å². The maximum Gasteiger partial charge on any atom is 0.379 e. The van der Waals surface area contributed by atoms with Crippen molar-refractivity contribution in [2.24, 2.45) is 0 Å². The van der Waals surface area contributed by atoms with Crippen LogP contribution >= 0.6 is 0 Å². The zero-order valence-corrected chi connectivity index (χ0v) is 15.9. The molecule has 0 bridgehead atoms. The van der Waals surface area contributed by atoms with Crippen LogP contribution in [0.25, 0.3) is 5.76 Å². The van der Waals surface area contributed by atoms with Crippen molar-refractivity contribution in [1.29, 1.82) is 10.5 Å². The lowest BCUT2D eigenvalue weighted by atomic mass is 10.1. The number of hydrogen-bond donors (Lipinski definition) is 1. The second kappa shape index (κ2) is 11.5. The van der Waals surface area contributed by atoms with Gasteiger partial charge >= 0.3 is 5.97 Å². The van der Waals surface area contributed by atoms with Crippen LogP contribution in [0.1, 0.15) is 40.9 Å². The van der Waals surface area contributed by atoms with Crippen molar-refractivity contribution < 1.29 is 24.2 Å². The van der Waals surface area contributed by atoms with E-state index in [1.807, 2.05) is 12.1 Å². The second-order valence-corrected chi connectivity index (χ2v) is 5.55. The second-order valence-electron chi connectivity index (χ2n) is 5.55. The van der Waals surface area contributed by atoms with Crippen molar-refractivity contribution in [2.45, 2.75) is 13.8 Å². The van der Waals surface area contributed by atoms with Crippen LogP contribution < -0.4 is 0 Å². The summed E-state index contributed by atoms with van der Waals surface area (Å²) in [4.78, 5) is 33.1. The highest BCUT2D eigenvalue weighted by Gasteiger charge is 2.13. The molecule has 0 amide bonds. The molecule has 0 spiro atoms. The molecule has 7 nitrogen and oxygen atoms in total. The molecule has 0 aliphatic rings. The number of ether oxygens (including phenoxy) is 1. The first-order valence-electron chi connectivity index (χ1n) is 8.45. The van der Waals surface area contributed by atoms with Gasteiger partial charge in [0.25, 0.3) is 5.78 Å². The fourth-order valence-electron chi connectivity index (χ4n) is 1.96. The summed E-state index contributed by atoms with van der Waals surface area (Å²) in [5, 5.41) is 26.7. The third-order valence-corrected chi connectivity index (χ3v) is 3.47. The maximum atomic E-state index is 11.3. The number of esters is 1. The number of carbonyl (C=O) groups is 3. The van der Waals surface area contributed by atoms with E-state index in [0.29, 0.717) is 22.3 Å². The number of hydrogen-bond acceptors (Lipinski definition) is 7. The van der Waals surface area contributed by atoms with E-state index in [1.165, 1.54) is 31.2 Å². The molecule has 0 saturated heterocycles. The number of nitrogens with zero attached hydrogens (tertiary/aromatic N) is 2. The van der Waals surface area contributed by atoms with E-state index in [2.05, 4.69) is 4.74 Å². The van der Waals surface area contributed by atoms with E-state index < -0.39 is 11.8 Å². The summed E-state index contributed by atoms with van der Waals surface area (Å²) in [5.74, 6) is -2.27. The molecule has 0 heterocycles. The molecule has 2 aromatic carbocycles. The summed E-state index contributed by atoms with van der Waals surface area (Å²) in [7, 11) is 0. The molecule has 0 radical (unpaired) electrons. The van der Waals surface area contributed by atoms with Crippen molar-refractivity contribution in [2.75, 3.05) is 6.61 Å². The summed E-state index contributed by atoms with van der Waals surface area (Å²) >= 11 is 0. The molecule has 0 atom stereocenters. The van der Waals surface area contributed by atoms with Crippen LogP contribution in [-0.4, -0.2) is 29.2 Å². The van der Waals surface area contributed by atoms with Gasteiger partial charge in [-0.15, -0.1) is 0 Å². The number of aliphatic hydroxyl groups excluding tert-OH is 1. The lowest BCUT2D eigenvalue weighted by Crippen LogP contribution is -2.15. The average Bonchev–Trinajstić information content (AvgIpc) is 2.74. The first kappa shape index (κ1) is 22.8. The number of aliphatic hydroxyl groups is 1. The van der Waals surface area contributed by atoms with E-state index in [0.717, 1.165) is 6.08 Å². The van der Waals surface area contributed by atoms with Gasteiger partial charge in [-0.05, 0) is 50.2 Å². The fourth-order valence-corrected chi connectivity index (χ4v) is 1.96. The van der Waals surface area contributed by atoms with Crippen molar-refractivity contribution in [3.8, 4) is 12.1 Å². The lowest BCUT2D eigenvalue weighted by Gasteiger charge is -2.00. The molecule has 0 unspecified atom stereocenters. The van der Waals surface area contributed by atoms with Crippen molar-refractivity contribution in [3.63, 3.8) is 0 Å². The van der Waals surface area contributed by atoms with Crippen molar-refractivity contribution >= 4 is 23.3 Å². The Morgan fingerprint density at radius 3 is 1.76 bits per heavy atom. The minimum atomic E-state index is -1.02. The number of benzene rings is 2. The van der Waals surface area contributed by atoms with Gasteiger partial charge in [0, 0.05) is 17.2 Å². The predicted octanol–water partition coefficient (Wildman–Crippen LogP) is 3.35.